The van der Waals surface area contributed by atoms with Crippen molar-refractivity contribution in [3.63, 3.8) is 0 Å². The Balaban J connectivity index is 1.57. The van der Waals surface area contributed by atoms with Gasteiger partial charge in [-0.05, 0) is 91.5 Å². The fourth-order valence-corrected chi connectivity index (χ4v) is 9.70. The van der Waals surface area contributed by atoms with Crippen LogP contribution in [0, 0.1) is 24.7 Å². The van der Waals surface area contributed by atoms with Crippen LogP contribution in [-0.4, -0.2) is 59.1 Å². The quantitative estimate of drug-likeness (QED) is 0.157. The summed E-state index contributed by atoms with van der Waals surface area (Å²) in [6.07, 6.45) is 8.99. The Morgan fingerprint density at radius 3 is 2.22 bits per heavy atom. The van der Waals surface area contributed by atoms with Crippen LogP contribution in [0.5, 0.6) is 5.75 Å². The molecular weight excluding hydrogens is 661 g/mol. The average Bonchev–Trinajstić information content (AvgIpc) is 2.98. The number of hydrogen-bond donors (Lipinski definition) is 0. The minimum absolute atomic E-state index is 0.00718. The van der Waals surface area contributed by atoms with Crippen molar-refractivity contribution in [2.45, 2.75) is 168 Å². The van der Waals surface area contributed by atoms with Crippen LogP contribution < -0.4 is 4.74 Å². The monoisotopic (exact) mass is 726 g/mol. The molecule has 1 aromatic rings. The van der Waals surface area contributed by atoms with Crippen molar-refractivity contribution in [3.05, 3.63) is 53.6 Å². The molecule has 50 heavy (non-hydrogen) atoms. The first-order valence-electron chi connectivity index (χ1n) is 19.0. The second-order valence-corrected chi connectivity index (χ2v) is 27.6. The number of benzene rings is 1. The minimum atomic E-state index is -2.11. The number of hydrogen-bond acceptors (Lipinski definition) is 7. The molecule has 1 fully saturated rings. The van der Waals surface area contributed by atoms with Gasteiger partial charge < -0.3 is 23.1 Å². The molecule has 280 valence electrons. The smallest absolute Gasteiger partial charge is 0.347 e. The number of rotatable bonds is 12. The number of cyclic esters (lactones) is 1. The van der Waals surface area contributed by atoms with Gasteiger partial charge >= 0.3 is 11.9 Å². The first-order chi connectivity index (χ1) is 23.1. The third-order valence-electron chi connectivity index (χ3n) is 12.2. The van der Waals surface area contributed by atoms with Crippen molar-refractivity contribution in [3.8, 4) is 5.75 Å². The Hall–Kier alpha value is -2.21. The Labute approximate surface area is 305 Å². The fourth-order valence-electron chi connectivity index (χ4n) is 7.06. The van der Waals surface area contributed by atoms with E-state index < -0.39 is 22.7 Å². The molecule has 0 bridgehead atoms. The predicted molar refractivity (Wildman–Crippen MR) is 206 cm³/mol. The molecule has 0 amide bonds. The molecule has 0 N–H and O–H groups in total. The van der Waals surface area contributed by atoms with Crippen molar-refractivity contribution in [2.75, 3.05) is 0 Å². The van der Waals surface area contributed by atoms with E-state index >= 15 is 0 Å². The zero-order valence-electron chi connectivity index (χ0n) is 33.3. The summed E-state index contributed by atoms with van der Waals surface area (Å²) in [6.45, 7) is 28.7. The second-order valence-electron chi connectivity index (χ2n) is 18.1. The highest BCUT2D eigenvalue weighted by Crippen LogP contribution is 2.47. The normalized spacial score (nSPS) is 28.3. The number of allylic oxidation sites excluding steroid dienone is 2. The van der Waals surface area contributed by atoms with Crippen LogP contribution in [-0.2, 0) is 27.9 Å². The topological polar surface area (TPSA) is 80.3 Å². The van der Waals surface area contributed by atoms with Gasteiger partial charge in [-0.15, -0.1) is 0 Å². The van der Waals surface area contributed by atoms with E-state index in [4.69, 9.17) is 23.1 Å². The van der Waals surface area contributed by atoms with Gasteiger partial charge in [-0.1, -0.05) is 91.8 Å². The molecule has 9 heteroatoms. The Morgan fingerprint density at radius 1 is 0.960 bits per heavy atom. The van der Waals surface area contributed by atoms with E-state index in [1.807, 2.05) is 38.1 Å². The van der Waals surface area contributed by atoms with Gasteiger partial charge in [0.15, 0.2) is 22.7 Å². The molecule has 1 aromatic carbocycles. The third-order valence-corrected chi connectivity index (χ3v) is 21.2. The summed E-state index contributed by atoms with van der Waals surface area (Å²) in [6, 6.07) is 7.78. The molecule has 4 rings (SSSR count). The van der Waals surface area contributed by atoms with Crippen LogP contribution in [0.2, 0.25) is 36.3 Å². The lowest BCUT2D eigenvalue weighted by atomic mass is 9.66. The van der Waals surface area contributed by atoms with E-state index in [0.29, 0.717) is 25.0 Å². The molecule has 0 radical (unpaired) electrons. The number of para-hydroxylation sites is 1. The van der Waals surface area contributed by atoms with Crippen LogP contribution in [0.1, 0.15) is 99.5 Å². The fraction of sp³-hybridized carbons (Fsp3) is 0.707. The van der Waals surface area contributed by atoms with E-state index in [1.165, 1.54) is 5.57 Å². The summed E-state index contributed by atoms with van der Waals surface area (Å²) in [5, 5.41) is 0.115. The summed E-state index contributed by atoms with van der Waals surface area (Å²) >= 11 is 0. The van der Waals surface area contributed by atoms with Crippen molar-refractivity contribution in [1.29, 1.82) is 0 Å². The molecule has 0 aromatic heterocycles. The number of aryl methyl sites for hydroxylation is 1. The highest BCUT2D eigenvalue weighted by Gasteiger charge is 2.47. The molecule has 1 saturated heterocycles. The van der Waals surface area contributed by atoms with Crippen LogP contribution in [0.4, 0.5) is 0 Å². The molecule has 1 unspecified atom stereocenters. The molecule has 7 nitrogen and oxygen atoms in total. The van der Waals surface area contributed by atoms with Gasteiger partial charge in [0.25, 0.3) is 0 Å². The maximum atomic E-state index is 13.9. The van der Waals surface area contributed by atoms with Crippen molar-refractivity contribution >= 4 is 28.6 Å². The molecule has 0 spiro atoms. The second kappa shape index (κ2) is 15.8. The van der Waals surface area contributed by atoms with Crippen molar-refractivity contribution < 1.29 is 32.7 Å². The van der Waals surface area contributed by atoms with E-state index in [0.717, 1.165) is 24.8 Å². The first-order valence-corrected chi connectivity index (χ1v) is 24.8. The van der Waals surface area contributed by atoms with E-state index in [2.05, 4.69) is 92.9 Å². The zero-order valence-corrected chi connectivity index (χ0v) is 35.3. The van der Waals surface area contributed by atoms with Gasteiger partial charge in [-0.2, -0.15) is 0 Å². The maximum absolute atomic E-state index is 13.9. The first kappa shape index (κ1) is 40.6. The third kappa shape index (κ3) is 9.81. The molecule has 3 aliphatic rings. The van der Waals surface area contributed by atoms with E-state index in [-0.39, 0.29) is 64.2 Å². The van der Waals surface area contributed by atoms with Gasteiger partial charge in [0.2, 0.25) is 0 Å². The molecular formula is C41H66O7Si2. The maximum Gasteiger partial charge on any atom is 0.347 e. The predicted octanol–water partition coefficient (Wildman–Crippen LogP) is 10.1. The lowest BCUT2D eigenvalue weighted by molar-refractivity contribution is -0.164. The zero-order chi connectivity index (χ0) is 37.2. The molecule has 1 heterocycles. The largest absolute Gasteiger partial charge is 0.478 e. The Kier molecular flexibility index (Phi) is 12.8. The van der Waals surface area contributed by atoms with Crippen LogP contribution in [0.25, 0.3) is 0 Å². The van der Waals surface area contributed by atoms with Crippen LogP contribution in [0.15, 0.2) is 48.1 Å². The Bertz CT molecular complexity index is 1400. The standard InChI is InChI=1S/C41H66O7Si2/c1-14-34(45-35-18-16-15-17-28(35)3)39(43)46-36-25-31(47-49(10,11)40(4,5)6)23-29-20-19-27(2)33(38(29)36)22-21-30-24-32(26-37(42)44-30)48-50(12,13)41(7,8)9/h15-20,23,27,30-34,36,38H,14,21-22,24-26H2,1-13H3/t27-,30+,31+,32+,33-,34?,36-,38-/m0/s1. The number of carbonyl (C=O) groups is 2. The number of ether oxygens (including phenoxy) is 3. The Morgan fingerprint density at radius 2 is 1.60 bits per heavy atom. The van der Waals surface area contributed by atoms with Crippen LogP contribution in [0.3, 0.4) is 0 Å². The highest BCUT2D eigenvalue weighted by atomic mass is 28.4. The number of carbonyl (C=O) groups excluding carboxylic acids is 2. The molecule has 8 atom stereocenters. The summed E-state index contributed by atoms with van der Waals surface area (Å²) in [7, 11) is -4.14. The molecule has 1 aliphatic heterocycles. The minimum Gasteiger partial charge on any atom is -0.478 e. The lowest BCUT2D eigenvalue weighted by Crippen LogP contribution is -2.49. The SMILES string of the molecule is CCC(Oc1ccccc1C)C(=O)O[C@H]1C[C@H](O[Si](C)(C)C(C)(C)C)C=C2C=C[C@H](C)[C@H](CC[C@@H]3C[C@@H](O[Si](C)(C)C(C)(C)C)CC(=O)O3)[C@H]21. The lowest BCUT2D eigenvalue weighted by Gasteiger charge is -2.46. The van der Waals surface area contributed by atoms with Gasteiger partial charge in [-0.25, -0.2) is 4.79 Å². The van der Waals surface area contributed by atoms with Crippen molar-refractivity contribution in [2.24, 2.45) is 17.8 Å². The van der Waals surface area contributed by atoms with Gasteiger partial charge in [0.05, 0.1) is 18.6 Å². The van der Waals surface area contributed by atoms with Crippen LogP contribution >= 0.6 is 0 Å². The molecule has 2 aliphatic carbocycles. The average molecular weight is 727 g/mol. The van der Waals surface area contributed by atoms with Gasteiger partial charge in [-0.3, -0.25) is 4.79 Å². The van der Waals surface area contributed by atoms with E-state index in [1.54, 1.807) is 0 Å². The summed E-state index contributed by atoms with van der Waals surface area (Å²) in [5.41, 5.74) is 2.16. The number of fused-ring (bicyclic) bond motifs is 1. The van der Waals surface area contributed by atoms with Gasteiger partial charge in [0.1, 0.15) is 18.0 Å². The summed E-state index contributed by atoms with van der Waals surface area (Å²) in [5.74, 6) is 0.672. The number of esters is 2. The highest BCUT2D eigenvalue weighted by molar-refractivity contribution is 6.74. The van der Waals surface area contributed by atoms with Gasteiger partial charge in [0, 0.05) is 18.8 Å². The van der Waals surface area contributed by atoms with E-state index in [9.17, 15) is 9.59 Å². The van der Waals surface area contributed by atoms with Crippen molar-refractivity contribution in [1.82, 2.24) is 0 Å². The summed E-state index contributed by atoms with van der Waals surface area (Å²) in [4.78, 5) is 26.8. The summed E-state index contributed by atoms with van der Waals surface area (Å²) < 4.78 is 32.4. The molecule has 0 saturated carbocycles.